The van der Waals surface area contributed by atoms with E-state index in [9.17, 15) is 10.1 Å². The van der Waals surface area contributed by atoms with Crippen LogP contribution >= 0.6 is 11.6 Å². The zero-order valence-electron chi connectivity index (χ0n) is 6.32. The highest BCUT2D eigenvalue weighted by molar-refractivity contribution is 6.31. The highest BCUT2D eigenvalue weighted by Crippen LogP contribution is 2.27. The summed E-state index contributed by atoms with van der Waals surface area (Å²) < 4.78 is 0. The van der Waals surface area contributed by atoms with Crippen molar-refractivity contribution in [1.29, 1.82) is 0 Å². The normalized spacial score (nSPS) is 10.5. The lowest BCUT2D eigenvalue weighted by Gasteiger charge is -1.93. The van der Waals surface area contributed by atoms with E-state index in [1.54, 1.807) is 6.07 Å². The molecule has 0 fully saturated rings. The first-order chi connectivity index (χ1) is 6.18. The van der Waals surface area contributed by atoms with Gasteiger partial charge in [-0.25, -0.2) is 0 Å². The first kappa shape index (κ1) is 8.00. The van der Waals surface area contributed by atoms with Crippen LogP contribution in [0.2, 0.25) is 5.02 Å². The number of nitro benzene ring substituents is 1. The molecule has 2 aromatic rings. The molecule has 6 heteroatoms. The summed E-state index contributed by atoms with van der Waals surface area (Å²) in [5.41, 5.74) is 0.342. The molecule has 0 saturated carbocycles. The molecule has 66 valence electrons. The highest BCUT2D eigenvalue weighted by atomic mass is 35.5. The maximum Gasteiger partial charge on any atom is 0.296 e. The number of benzene rings is 1. The Balaban J connectivity index is 2.84. The lowest BCUT2D eigenvalue weighted by atomic mass is 10.2. The van der Waals surface area contributed by atoms with Crippen molar-refractivity contribution < 1.29 is 4.92 Å². The van der Waals surface area contributed by atoms with Crippen molar-refractivity contribution in [1.82, 2.24) is 10.2 Å². The van der Waals surface area contributed by atoms with Gasteiger partial charge in [0, 0.05) is 16.5 Å². The number of halogens is 1. The maximum atomic E-state index is 10.6. The molecule has 0 aliphatic heterocycles. The molecule has 0 aliphatic rings. The van der Waals surface area contributed by atoms with E-state index < -0.39 is 4.92 Å². The van der Waals surface area contributed by atoms with Crippen LogP contribution in [0.25, 0.3) is 10.9 Å². The molecule has 0 radical (unpaired) electrons. The molecule has 0 bridgehead atoms. The summed E-state index contributed by atoms with van der Waals surface area (Å²) in [6, 6.07) is 2.91. The van der Waals surface area contributed by atoms with Gasteiger partial charge in [0.15, 0.2) is 0 Å². The van der Waals surface area contributed by atoms with Crippen LogP contribution in [0.15, 0.2) is 18.3 Å². The monoisotopic (exact) mass is 197 g/mol. The van der Waals surface area contributed by atoms with Gasteiger partial charge in [0.05, 0.1) is 11.1 Å². The van der Waals surface area contributed by atoms with Crippen molar-refractivity contribution >= 4 is 28.2 Å². The van der Waals surface area contributed by atoms with Crippen LogP contribution in [0.1, 0.15) is 0 Å². The second-order valence-electron chi connectivity index (χ2n) is 2.52. The minimum Gasteiger partial charge on any atom is -0.271 e. The first-order valence-corrected chi connectivity index (χ1v) is 3.83. The summed E-state index contributed by atoms with van der Waals surface area (Å²) >= 11 is 5.68. The van der Waals surface area contributed by atoms with E-state index in [2.05, 4.69) is 10.2 Å². The van der Waals surface area contributed by atoms with Gasteiger partial charge in [-0.1, -0.05) is 11.6 Å². The zero-order chi connectivity index (χ0) is 9.42. The molecule has 0 aliphatic carbocycles. The van der Waals surface area contributed by atoms with E-state index in [4.69, 9.17) is 11.6 Å². The van der Waals surface area contributed by atoms with Crippen molar-refractivity contribution in [3.63, 3.8) is 0 Å². The van der Waals surface area contributed by atoms with Gasteiger partial charge in [-0.3, -0.25) is 15.2 Å². The number of fused-ring (bicyclic) bond motifs is 1. The highest BCUT2D eigenvalue weighted by Gasteiger charge is 2.14. The van der Waals surface area contributed by atoms with E-state index in [-0.39, 0.29) is 5.69 Å². The van der Waals surface area contributed by atoms with E-state index >= 15 is 0 Å². The van der Waals surface area contributed by atoms with Crippen LogP contribution in [0.3, 0.4) is 0 Å². The van der Waals surface area contributed by atoms with Crippen LogP contribution in [-0.2, 0) is 0 Å². The fourth-order valence-corrected chi connectivity index (χ4v) is 1.37. The molecule has 2 rings (SSSR count). The second-order valence-corrected chi connectivity index (χ2v) is 2.95. The second kappa shape index (κ2) is 2.70. The lowest BCUT2D eigenvalue weighted by Crippen LogP contribution is -1.89. The number of rotatable bonds is 1. The Morgan fingerprint density at radius 1 is 1.54 bits per heavy atom. The van der Waals surface area contributed by atoms with Gasteiger partial charge < -0.3 is 0 Å². The number of nitrogens with zero attached hydrogens (tertiary/aromatic N) is 2. The predicted molar refractivity (Wildman–Crippen MR) is 47.8 cm³/mol. The van der Waals surface area contributed by atoms with Crippen molar-refractivity contribution in [3.8, 4) is 0 Å². The summed E-state index contributed by atoms with van der Waals surface area (Å²) in [6.45, 7) is 0. The Labute approximate surface area is 77.5 Å². The Hall–Kier alpha value is -1.62. The Morgan fingerprint density at radius 2 is 2.31 bits per heavy atom. The van der Waals surface area contributed by atoms with Crippen LogP contribution in [-0.4, -0.2) is 15.1 Å². The van der Waals surface area contributed by atoms with Gasteiger partial charge >= 0.3 is 0 Å². The molecule has 13 heavy (non-hydrogen) atoms. The van der Waals surface area contributed by atoms with E-state index in [1.807, 2.05) is 0 Å². The largest absolute Gasteiger partial charge is 0.296 e. The van der Waals surface area contributed by atoms with Crippen LogP contribution in [0, 0.1) is 10.1 Å². The number of nitro groups is 1. The van der Waals surface area contributed by atoms with Gasteiger partial charge in [0.1, 0.15) is 5.52 Å². The molecular formula is C7H4ClN3O2. The molecule has 1 heterocycles. The van der Waals surface area contributed by atoms with Crippen molar-refractivity contribution in [2.45, 2.75) is 0 Å². The third-order valence-corrected chi connectivity index (χ3v) is 1.91. The standard InChI is InChI=1S/C7H4ClN3O2/c8-5-1-4-3-9-10-7(4)6(2-5)11(12)13/h1-3H,(H,9,10). The van der Waals surface area contributed by atoms with E-state index in [0.29, 0.717) is 15.9 Å². The molecule has 0 spiro atoms. The summed E-state index contributed by atoms with van der Waals surface area (Å²) in [6.07, 6.45) is 1.49. The molecule has 1 aromatic carbocycles. The number of aromatic nitrogens is 2. The maximum absolute atomic E-state index is 10.6. The van der Waals surface area contributed by atoms with Gasteiger partial charge in [-0.05, 0) is 6.07 Å². The lowest BCUT2D eigenvalue weighted by molar-refractivity contribution is -0.383. The van der Waals surface area contributed by atoms with E-state index in [1.165, 1.54) is 12.3 Å². The fraction of sp³-hybridized carbons (Fsp3) is 0. The summed E-state index contributed by atoms with van der Waals surface area (Å²) in [4.78, 5) is 10.1. The Morgan fingerprint density at radius 3 is 3.00 bits per heavy atom. The molecule has 0 atom stereocenters. The molecule has 0 amide bonds. The topological polar surface area (TPSA) is 71.8 Å². The SMILES string of the molecule is O=[N+]([O-])c1cc(Cl)cc2cn[nH]c12. The number of non-ortho nitro benzene ring substituents is 1. The molecular weight excluding hydrogens is 194 g/mol. The summed E-state index contributed by atoms with van der Waals surface area (Å²) in [5, 5.41) is 17.8. The van der Waals surface area contributed by atoms with Crippen LogP contribution < -0.4 is 0 Å². The molecule has 5 nitrogen and oxygen atoms in total. The number of hydrogen-bond donors (Lipinski definition) is 1. The number of hydrogen-bond acceptors (Lipinski definition) is 3. The fourth-order valence-electron chi connectivity index (χ4n) is 1.15. The van der Waals surface area contributed by atoms with Gasteiger partial charge in [0.25, 0.3) is 5.69 Å². The summed E-state index contributed by atoms with van der Waals surface area (Å²) in [5.74, 6) is 0. The minimum absolute atomic E-state index is 0.0556. The molecule has 0 saturated heterocycles. The minimum atomic E-state index is -0.494. The quantitative estimate of drug-likeness (QED) is 0.562. The molecule has 1 aromatic heterocycles. The van der Waals surface area contributed by atoms with Crippen molar-refractivity contribution in [3.05, 3.63) is 33.5 Å². The number of nitrogens with one attached hydrogen (secondary N) is 1. The van der Waals surface area contributed by atoms with Crippen LogP contribution in [0.4, 0.5) is 5.69 Å². The Bertz CT molecular complexity index is 480. The predicted octanol–water partition coefficient (Wildman–Crippen LogP) is 2.12. The smallest absolute Gasteiger partial charge is 0.271 e. The van der Waals surface area contributed by atoms with Gasteiger partial charge in [-0.2, -0.15) is 5.10 Å². The van der Waals surface area contributed by atoms with Crippen LogP contribution in [0.5, 0.6) is 0 Å². The van der Waals surface area contributed by atoms with E-state index in [0.717, 1.165) is 0 Å². The molecule has 1 N–H and O–H groups in total. The van der Waals surface area contributed by atoms with Gasteiger partial charge in [0.2, 0.25) is 0 Å². The zero-order valence-corrected chi connectivity index (χ0v) is 7.08. The molecule has 0 unspecified atom stereocenters. The summed E-state index contributed by atoms with van der Waals surface area (Å²) in [7, 11) is 0. The number of H-pyrrole nitrogens is 1. The third-order valence-electron chi connectivity index (χ3n) is 1.69. The Kier molecular flexibility index (Phi) is 1.66. The van der Waals surface area contributed by atoms with Gasteiger partial charge in [-0.15, -0.1) is 0 Å². The average Bonchev–Trinajstić information content (AvgIpc) is 2.49. The first-order valence-electron chi connectivity index (χ1n) is 3.45. The van der Waals surface area contributed by atoms with Crippen molar-refractivity contribution in [2.75, 3.05) is 0 Å². The number of aromatic amines is 1. The third kappa shape index (κ3) is 1.23. The van der Waals surface area contributed by atoms with Crippen molar-refractivity contribution in [2.24, 2.45) is 0 Å². The average molecular weight is 198 g/mol.